The van der Waals surface area contributed by atoms with E-state index in [0.29, 0.717) is 0 Å². The summed E-state index contributed by atoms with van der Waals surface area (Å²) in [6.07, 6.45) is -1.24. The first-order valence-electron chi connectivity index (χ1n) is 5.60. The fourth-order valence-corrected chi connectivity index (χ4v) is 1.34. The van der Waals surface area contributed by atoms with Gasteiger partial charge in [-0.05, 0) is 0 Å². The molecule has 0 aromatic carbocycles. The fraction of sp³-hybridized carbons (Fsp3) is 0.600. The number of aliphatic carboxylic acids is 4. The molecule has 0 fully saturated rings. The van der Waals surface area contributed by atoms with Crippen LogP contribution in [0, 0.1) is 0 Å². The van der Waals surface area contributed by atoms with Crippen LogP contribution >= 0.6 is 0 Å². The van der Waals surface area contributed by atoms with Crippen LogP contribution in [0.5, 0.6) is 0 Å². The van der Waals surface area contributed by atoms with E-state index in [4.69, 9.17) is 20.4 Å². The smallest absolute Gasteiger partial charge is 1.00 e. The Labute approximate surface area is 159 Å². The summed E-state index contributed by atoms with van der Waals surface area (Å²) in [7, 11) is 0. The molecule has 0 bridgehead atoms. The van der Waals surface area contributed by atoms with Crippen molar-refractivity contribution in [3.8, 4) is 0 Å². The summed E-state index contributed by atoms with van der Waals surface area (Å²) in [6, 6.07) is -2.59. The zero-order valence-electron chi connectivity index (χ0n) is 12.8. The molecule has 0 aromatic heterocycles. The number of carboxylic acid groups (broad SMARTS) is 4. The summed E-state index contributed by atoms with van der Waals surface area (Å²) in [6.45, 7) is -0.0404. The maximum Gasteiger partial charge on any atom is 1.00 e. The SMILES string of the molecule is O=C(O)C[C@H](NCCN[C@@H](CC(=O)O)C(=O)O)C(=O)O.[Fe].[H-].[Na+]. The quantitative estimate of drug-likeness (QED) is 0.152. The number of carbonyl (C=O) groups is 4. The van der Waals surface area contributed by atoms with Gasteiger partial charge >= 0.3 is 53.4 Å². The zero-order valence-corrected chi connectivity index (χ0v) is 14.9. The van der Waals surface area contributed by atoms with Gasteiger partial charge in [0.1, 0.15) is 12.1 Å². The van der Waals surface area contributed by atoms with Crippen LogP contribution in [-0.2, 0) is 36.2 Å². The molecule has 6 N–H and O–H groups in total. The summed E-state index contributed by atoms with van der Waals surface area (Å²) >= 11 is 0. The Morgan fingerprint density at radius 2 is 1.05 bits per heavy atom. The van der Waals surface area contributed by atoms with Gasteiger partial charge in [-0.1, -0.05) is 0 Å². The van der Waals surface area contributed by atoms with Crippen LogP contribution in [0.25, 0.3) is 0 Å². The molecular formula is C10H17FeN2NaO8. The van der Waals surface area contributed by atoms with Crippen molar-refractivity contribution in [2.24, 2.45) is 0 Å². The second kappa shape index (κ2) is 13.9. The van der Waals surface area contributed by atoms with Crippen LogP contribution in [-0.4, -0.2) is 69.5 Å². The molecular weight excluding hydrogens is 355 g/mol. The van der Waals surface area contributed by atoms with Gasteiger partial charge in [0.15, 0.2) is 0 Å². The molecule has 0 saturated carbocycles. The zero-order chi connectivity index (χ0) is 15.7. The molecule has 0 saturated heterocycles. The minimum atomic E-state index is -1.34. The molecule has 12 heteroatoms. The van der Waals surface area contributed by atoms with Crippen molar-refractivity contribution in [3.63, 3.8) is 0 Å². The molecule has 0 unspecified atom stereocenters. The normalized spacial score (nSPS) is 12.2. The molecule has 0 spiro atoms. The van der Waals surface area contributed by atoms with Gasteiger partial charge < -0.3 is 32.5 Å². The molecule has 0 aliphatic carbocycles. The van der Waals surface area contributed by atoms with Crippen molar-refractivity contribution in [2.45, 2.75) is 24.9 Å². The van der Waals surface area contributed by atoms with Crippen LogP contribution in [0.15, 0.2) is 0 Å². The molecule has 10 nitrogen and oxygen atoms in total. The van der Waals surface area contributed by atoms with E-state index in [9.17, 15) is 19.2 Å². The Kier molecular flexibility index (Phi) is 16.6. The Morgan fingerprint density at radius 3 is 1.23 bits per heavy atom. The van der Waals surface area contributed by atoms with Gasteiger partial charge in [-0.2, -0.15) is 0 Å². The van der Waals surface area contributed by atoms with Crippen LogP contribution in [0.1, 0.15) is 14.3 Å². The first kappa shape index (κ1) is 26.2. The number of carboxylic acids is 4. The summed E-state index contributed by atoms with van der Waals surface area (Å²) in [5.74, 6) is -5.25. The Morgan fingerprint density at radius 1 is 0.773 bits per heavy atom. The Hall–Kier alpha value is -0.681. The van der Waals surface area contributed by atoms with Crippen LogP contribution in [0.2, 0.25) is 0 Å². The van der Waals surface area contributed by atoms with E-state index in [1.807, 2.05) is 0 Å². The van der Waals surface area contributed by atoms with Gasteiger partial charge in [0.2, 0.25) is 0 Å². The van der Waals surface area contributed by atoms with E-state index in [-0.39, 0.29) is 61.1 Å². The van der Waals surface area contributed by atoms with Crippen LogP contribution in [0.4, 0.5) is 0 Å². The van der Waals surface area contributed by atoms with Crippen LogP contribution < -0.4 is 40.2 Å². The van der Waals surface area contributed by atoms with Gasteiger partial charge in [0.05, 0.1) is 12.8 Å². The second-order valence-electron chi connectivity index (χ2n) is 3.89. The molecule has 124 valence electrons. The van der Waals surface area contributed by atoms with Crippen molar-refractivity contribution in [3.05, 3.63) is 0 Å². The predicted octanol–water partition coefficient (Wildman–Crippen LogP) is -4.86. The number of hydrogen-bond acceptors (Lipinski definition) is 6. The van der Waals surface area contributed by atoms with Crippen molar-refractivity contribution in [1.82, 2.24) is 10.6 Å². The summed E-state index contributed by atoms with van der Waals surface area (Å²) in [5, 5.41) is 39.2. The molecule has 0 amide bonds. The van der Waals surface area contributed by atoms with E-state index in [2.05, 4.69) is 10.6 Å². The maximum atomic E-state index is 10.7. The third kappa shape index (κ3) is 13.0. The first-order valence-corrected chi connectivity index (χ1v) is 5.60. The maximum absolute atomic E-state index is 10.7. The van der Waals surface area contributed by atoms with Gasteiger partial charge in [-0.25, -0.2) is 0 Å². The Balaban J connectivity index is -0.000000602. The first-order chi connectivity index (χ1) is 9.23. The molecule has 0 radical (unpaired) electrons. The van der Waals surface area contributed by atoms with E-state index in [1.165, 1.54) is 0 Å². The molecule has 0 rings (SSSR count). The van der Waals surface area contributed by atoms with Crippen LogP contribution in [0.3, 0.4) is 0 Å². The molecule has 0 aromatic rings. The van der Waals surface area contributed by atoms with E-state index in [1.54, 1.807) is 0 Å². The molecule has 22 heavy (non-hydrogen) atoms. The monoisotopic (exact) mass is 372 g/mol. The molecule has 2 atom stereocenters. The summed E-state index contributed by atoms with van der Waals surface area (Å²) in [5.41, 5.74) is 0. The number of rotatable bonds is 11. The average Bonchev–Trinajstić information content (AvgIpc) is 2.29. The molecule has 0 heterocycles. The van der Waals surface area contributed by atoms with Gasteiger partial charge in [0.25, 0.3) is 0 Å². The van der Waals surface area contributed by atoms with Crippen molar-refractivity contribution < 1.29 is 87.7 Å². The summed E-state index contributed by atoms with van der Waals surface area (Å²) < 4.78 is 0. The van der Waals surface area contributed by atoms with Gasteiger partial charge in [-0.3, -0.25) is 19.2 Å². The van der Waals surface area contributed by atoms with E-state index in [0.717, 1.165) is 0 Å². The summed E-state index contributed by atoms with van der Waals surface area (Å²) in [4.78, 5) is 42.2. The minimum Gasteiger partial charge on any atom is -1.00 e. The Bertz CT molecular complexity index is 365. The topological polar surface area (TPSA) is 173 Å². The second-order valence-corrected chi connectivity index (χ2v) is 3.89. The standard InChI is InChI=1S/C10H16N2O8.Fe.Na.H/c13-7(14)3-5(9(17)18)11-1-2-12-6(10(19)20)4-8(15)16;;;/h5-6,11-12H,1-4H2,(H,13,14)(H,15,16)(H,17,18)(H,19,20);;;/q;;+1;-1/t5-,6-;;;/m0.../s1. The average molecular weight is 372 g/mol. The molecule has 0 aliphatic rings. The fourth-order valence-electron chi connectivity index (χ4n) is 1.34. The number of nitrogens with one attached hydrogen (secondary N) is 2. The van der Waals surface area contributed by atoms with Crippen molar-refractivity contribution in [2.75, 3.05) is 13.1 Å². The minimum absolute atomic E-state index is 0. The van der Waals surface area contributed by atoms with Crippen molar-refractivity contribution >= 4 is 23.9 Å². The van der Waals surface area contributed by atoms with Crippen molar-refractivity contribution in [1.29, 1.82) is 0 Å². The third-order valence-electron chi connectivity index (χ3n) is 2.26. The van der Waals surface area contributed by atoms with E-state index >= 15 is 0 Å². The largest absolute Gasteiger partial charge is 1.00 e. The predicted molar refractivity (Wildman–Crippen MR) is 64.5 cm³/mol. The van der Waals surface area contributed by atoms with Gasteiger partial charge in [0, 0.05) is 30.2 Å². The van der Waals surface area contributed by atoms with E-state index < -0.39 is 48.8 Å². The third-order valence-corrected chi connectivity index (χ3v) is 2.26. The molecule has 0 aliphatic heterocycles. The van der Waals surface area contributed by atoms with Gasteiger partial charge in [-0.15, -0.1) is 0 Å². The number of hydrogen-bond donors (Lipinski definition) is 6.